The minimum Gasteiger partial charge on any atom is -0.480 e. The molecule has 5 unspecified atom stereocenters. The van der Waals surface area contributed by atoms with Crippen molar-refractivity contribution in [3.8, 4) is 0 Å². The summed E-state index contributed by atoms with van der Waals surface area (Å²) in [6.45, 7) is 0.231. The number of aliphatic carboxylic acids is 5. The van der Waals surface area contributed by atoms with Crippen LogP contribution in [0.15, 0.2) is 0 Å². The molecule has 0 aromatic rings. The maximum Gasteiger partial charge on any atom is 0.451 e. The van der Waals surface area contributed by atoms with Gasteiger partial charge in [-0.3, -0.25) is 24.0 Å². The largest absolute Gasteiger partial charge is 0.480 e. The van der Waals surface area contributed by atoms with Crippen molar-refractivity contribution >= 4 is 116 Å². The number of nitrogens with one attached hydrogen (secondary N) is 5. The number of rotatable bonds is 43. The standard InChI is InChI=1S/C12H25BN4O6S.2C11H23BN4O6S.C11H25BN4O6S.C10H23BN4O6S/c14-7-11(3-4-11)16-24(22,23)17-6-9(2-1-5-13(20)21)12(15,8-17)10(18)19;2*13-8-4-9(8)15-23(21,22)16-5-7(2-1-3-12(19)20)11(14,6-16)10(17)18;1-8(5-13)15-23(21,22)16-6-9(3-2-4-12(19)20)11(14,7-16)10(17)18;12-4-5-14-22(20,21)15-6-8(2-1-3-11(18)19)10(13,7-15)9(16)17/h9,16,20-21H,1-8,14-15H2,(H,18,19);2*7-9,15,19-20H,1-6,13-14H2,(H,17,18);8-9,15,19-20H,2-7,13-14H2,1H3,(H,17,18);8,14,18-19H,1-7,12-13H2,(H,16,17)/t9-,12-;2*7-,8?,9?,11-;8?,9-,11-;8-,10-/m00000/s1. The highest BCUT2D eigenvalue weighted by atomic mass is 32.2. The Hall–Kier alpha value is -3.78. The first kappa shape index (κ1) is 104. The summed E-state index contributed by atoms with van der Waals surface area (Å²) in [5.41, 5.74) is 48.0. The van der Waals surface area contributed by atoms with E-state index in [9.17, 15) is 91.6 Å². The molecule has 0 bridgehead atoms. The van der Waals surface area contributed by atoms with E-state index < -0.39 is 185 Å². The van der Waals surface area contributed by atoms with E-state index in [2.05, 4.69) is 23.6 Å². The van der Waals surface area contributed by atoms with E-state index in [1.807, 2.05) is 0 Å². The van der Waals surface area contributed by atoms with Gasteiger partial charge in [-0.15, -0.1) is 0 Å². The van der Waals surface area contributed by atoms with Crippen LogP contribution in [0.1, 0.15) is 96.8 Å². The van der Waals surface area contributed by atoms with Crippen molar-refractivity contribution in [2.45, 2.75) is 192 Å². The molecule has 60 heteroatoms. The molecular formula is C55H119B5N20O30S5. The summed E-state index contributed by atoms with van der Waals surface area (Å²) >= 11 is 0. The summed E-state index contributed by atoms with van der Waals surface area (Å²) in [5, 5.41) is 135. The maximum absolute atomic E-state index is 12.5. The molecule has 0 spiro atoms. The van der Waals surface area contributed by atoms with Gasteiger partial charge in [0.15, 0.2) is 0 Å². The second-order valence-electron chi connectivity index (χ2n) is 31.0. The monoisotopic (exact) mass is 1750 g/mol. The number of hydrogen-bond acceptors (Lipinski definition) is 35. The summed E-state index contributed by atoms with van der Waals surface area (Å²) in [4.78, 5) is 57.5. The normalized spacial score (nSPS) is 30.4. The summed E-state index contributed by atoms with van der Waals surface area (Å²) in [7, 11) is -26.7. The van der Waals surface area contributed by atoms with E-state index in [1.54, 1.807) is 6.92 Å². The van der Waals surface area contributed by atoms with E-state index >= 15 is 0 Å². The van der Waals surface area contributed by atoms with Crippen molar-refractivity contribution in [3.05, 3.63) is 0 Å². The molecule has 5 saturated heterocycles. The third-order valence-corrected chi connectivity index (χ3v) is 29.7. The zero-order chi connectivity index (χ0) is 87.8. The highest BCUT2D eigenvalue weighted by Crippen LogP contribution is 2.40. The molecule has 8 fully saturated rings. The van der Waals surface area contributed by atoms with Crippen molar-refractivity contribution < 1.29 is 142 Å². The molecule has 664 valence electrons. The van der Waals surface area contributed by atoms with Gasteiger partial charge < -0.3 is 133 Å². The first-order valence-corrected chi connectivity index (χ1v) is 44.4. The topological polar surface area (TPSA) is 896 Å². The van der Waals surface area contributed by atoms with Crippen LogP contribution in [0.25, 0.3) is 0 Å². The van der Waals surface area contributed by atoms with E-state index in [0.29, 0.717) is 57.8 Å². The van der Waals surface area contributed by atoms with Crippen LogP contribution in [0.3, 0.4) is 0 Å². The van der Waals surface area contributed by atoms with Gasteiger partial charge in [0.05, 0.1) is 0 Å². The Labute approximate surface area is 670 Å². The molecule has 15 atom stereocenters. The summed E-state index contributed by atoms with van der Waals surface area (Å²) in [5.74, 6) is -9.43. The quantitative estimate of drug-likeness (QED) is 0.0252. The number of hydrogen-bond donors (Lipinski definition) is 30. The summed E-state index contributed by atoms with van der Waals surface area (Å²) in [6.07, 6.45) is 5.88. The van der Waals surface area contributed by atoms with Crippen LogP contribution in [-0.4, -0.2) is 360 Å². The SMILES string of the molecule is CC(CN)NS(=O)(=O)N1C[C@H](CCCB(O)O)[C@](N)(C(=O)O)C1.NC1CC1NS(=O)(=O)N1C[C@H](CCCB(O)O)[C@](N)(C(=O)O)C1.NC1CC1NS(=O)(=O)N1C[C@H](CCCB(O)O)[C@](N)(C(=O)O)C1.NCC1(NS(=O)(=O)N2C[C@H](CCCB(O)O)[C@](N)(C(=O)O)C2)CC1.NCCNS(=O)(=O)N1C[C@H](CCCB(O)O)[C@](N)(C(=O)O)C1. The fraction of sp³-hybridized carbons (Fsp3) is 0.909. The van der Waals surface area contributed by atoms with Crippen LogP contribution in [0.5, 0.6) is 0 Å². The van der Waals surface area contributed by atoms with Crippen molar-refractivity contribution in [1.29, 1.82) is 0 Å². The van der Waals surface area contributed by atoms with Gasteiger partial charge in [-0.2, -0.15) is 82.5 Å². The summed E-state index contributed by atoms with van der Waals surface area (Å²) in [6, 6.07) is -1.55. The van der Waals surface area contributed by atoms with Crippen molar-refractivity contribution in [2.24, 2.45) is 86.9 Å². The van der Waals surface area contributed by atoms with E-state index in [-0.39, 0.29) is 179 Å². The van der Waals surface area contributed by atoms with Crippen LogP contribution in [-0.2, 0) is 75.0 Å². The van der Waals surface area contributed by atoms with Crippen LogP contribution < -0.4 is 80.9 Å². The Morgan fingerprint density at radius 2 is 0.643 bits per heavy atom. The number of carbonyl (C=O) groups is 5. The van der Waals surface area contributed by atoms with Crippen LogP contribution in [0.2, 0.25) is 31.6 Å². The highest BCUT2D eigenvalue weighted by Gasteiger charge is 2.59. The predicted octanol–water partition coefficient (Wildman–Crippen LogP) is -15.1. The highest BCUT2D eigenvalue weighted by molar-refractivity contribution is 7.88. The van der Waals surface area contributed by atoms with E-state index in [4.69, 9.17) is 108 Å². The van der Waals surface area contributed by atoms with Crippen molar-refractivity contribution in [2.75, 3.05) is 91.6 Å². The predicted molar refractivity (Wildman–Crippen MR) is 416 cm³/mol. The first-order chi connectivity index (χ1) is 52.8. The van der Waals surface area contributed by atoms with Gasteiger partial charge in [0.2, 0.25) is 0 Å². The molecule has 3 saturated carbocycles. The number of carboxylic acid groups (broad SMARTS) is 5. The van der Waals surface area contributed by atoms with Gasteiger partial charge in [-0.25, -0.2) is 4.72 Å². The lowest BCUT2D eigenvalue weighted by Gasteiger charge is -2.25. The van der Waals surface area contributed by atoms with Gasteiger partial charge in [0.25, 0.3) is 51.0 Å². The van der Waals surface area contributed by atoms with E-state index in [1.165, 1.54) is 0 Å². The molecule has 0 radical (unpaired) electrons. The molecule has 0 amide bonds. The lowest BCUT2D eigenvalue weighted by Crippen LogP contribution is -2.56. The second-order valence-corrected chi connectivity index (χ2v) is 39.6. The number of nitrogens with two attached hydrogens (primary N) is 10. The van der Waals surface area contributed by atoms with E-state index in [0.717, 1.165) is 21.5 Å². The van der Waals surface area contributed by atoms with Gasteiger partial charge in [0, 0.05) is 157 Å². The van der Waals surface area contributed by atoms with Gasteiger partial charge in [-0.05, 0) is 96.3 Å². The zero-order valence-corrected chi connectivity index (χ0v) is 68.0. The third kappa shape index (κ3) is 29.5. The van der Waals surface area contributed by atoms with Crippen LogP contribution >= 0.6 is 0 Å². The lowest BCUT2D eigenvalue weighted by molar-refractivity contribution is -0.145. The molecule has 40 N–H and O–H groups in total. The van der Waals surface area contributed by atoms with Gasteiger partial charge in [-0.1, -0.05) is 32.1 Å². The smallest absolute Gasteiger partial charge is 0.451 e. The lowest BCUT2D eigenvalue weighted by atomic mass is 9.78. The molecule has 8 aliphatic rings. The van der Waals surface area contributed by atoms with Gasteiger partial charge in [0.1, 0.15) is 27.7 Å². The summed E-state index contributed by atoms with van der Waals surface area (Å²) < 4.78 is 140. The Kier molecular flexibility index (Phi) is 38.6. The number of carboxylic acids is 5. The molecule has 0 aromatic heterocycles. The third-order valence-electron chi connectivity index (χ3n) is 21.7. The molecule has 0 aromatic carbocycles. The molecule has 8 rings (SSSR count). The fourth-order valence-corrected chi connectivity index (χ4v) is 21.5. The molecular weight excluding hydrogens is 1640 g/mol. The minimum atomic E-state index is -3.89. The fourth-order valence-electron chi connectivity index (χ4n) is 13.8. The molecule has 3 aliphatic carbocycles. The Bertz CT molecular complexity index is 3610. The second kappa shape index (κ2) is 42.8. The molecule has 115 heavy (non-hydrogen) atoms. The Balaban J connectivity index is 0.000000303. The van der Waals surface area contributed by atoms with Gasteiger partial charge >= 0.3 is 65.4 Å². The molecule has 5 aliphatic heterocycles. The van der Waals surface area contributed by atoms with Crippen LogP contribution in [0, 0.1) is 29.6 Å². The Morgan fingerprint density at radius 1 is 0.409 bits per heavy atom. The molecule has 50 nitrogen and oxygen atoms in total. The zero-order valence-electron chi connectivity index (χ0n) is 63.9. The minimum absolute atomic E-state index is 0.0262. The van der Waals surface area contributed by atoms with Crippen molar-refractivity contribution in [1.82, 2.24) is 45.1 Å². The Morgan fingerprint density at radius 3 is 0.843 bits per heavy atom. The van der Waals surface area contributed by atoms with Crippen LogP contribution in [0.4, 0.5) is 0 Å². The number of nitrogens with zero attached hydrogens (tertiary/aromatic N) is 5. The first-order valence-electron chi connectivity index (χ1n) is 37.2. The molecule has 5 heterocycles. The van der Waals surface area contributed by atoms with Crippen molar-refractivity contribution in [3.63, 3.8) is 0 Å². The average molecular weight is 1760 g/mol. The average Bonchev–Trinajstić information content (AvgIpc) is 1.60. The maximum atomic E-state index is 12.5.